The Kier molecular flexibility index (Phi) is 3.76. The Morgan fingerprint density at radius 2 is 2.11 bits per heavy atom. The molecule has 1 aliphatic rings. The molecule has 0 saturated heterocycles. The van der Waals surface area contributed by atoms with Crippen LogP contribution in [0.3, 0.4) is 0 Å². The first kappa shape index (κ1) is 8.21. The molecule has 0 fully saturated rings. The lowest BCUT2D eigenvalue weighted by molar-refractivity contribution is 0.856. The van der Waals surface area contributed by atoms with E-state index in [1.165, 1.54) is 0 Å². The molecule has 0 aromatic carbocycles. The van der Waals surface area contributed by atoms with E-state index >= 15 is 0 Å². The van der Waals surface area contributed by atoms with Crippen LogP contribution in [0.25, 0.3) is 0 Å². The van der Waals surface area contributed by atoms with Crippen molar-refractivity contribution in [1.82, 2.24) is 5.43 Å². The molecule has 0 saturated carbocycles. The number of rotatable bonds is 0. The first-order valence-corrected chi connectivity index (χ1v) is 3.26. The third kappa shape index (κ3) is 2.31. The van der Waals surface area contributed by atoms with Gasteiger partial charge in [-0.2, -0.15) is 5.10 Å². The monoisotopic (exact) mass is 126 g/mol. The highest BCUT2D eigenvalue weighted by Gasteiger charge is 2.02. The molecule has 9 heavy (non-hydrogen) atoms. The van der Waals surface area contributed by atoms with Crippen molar-refractivity contribution >= 4 is 5.71 Å². The zero-order valence-electron chi connectivity index (χ0n) is 6.36. The molecule has 0 aliphatic carbocycles. The molecule has 2 heteroatoms. The smallest absolute Gasteiger partial charge is 0.0616 e. The normalized spacial score (nSPS) is 15.4. The molecule has 0 bridgehead atoms. The summed E-state index contributed by atoms with van der Waals surface area (Å²) in [6, 6.07) is 0. The van der Waals surface area contributed by atoms with Gasteiger partial charge in [-0.05, 0) is 12.5 Å². The first-order valence-electron chi connectivity index (χ1n) is 3.26. The van der Waals surface area contributed by atoms with Crippen molar-refractivity contribution in [2.75, 3.05) is 6.54 Å². The van der Waals surface area contributed by atoms with E-state index in [1.54, 1.807) is 0 Å². The molecule has 0 radical (unpaired) electrons. The van der Waals surface area contributed by atoms with Crippen molar-refractivity contribution in [2.45, 2.75) is 20.8 Å². The molecule has 0 atom stereocenters. The Hall–Kier alpha value is -0.790. The zero-order chi connectivity index (χ0) is 7.28. The maximum Gasteiger partial charge on any atom is 0.0616 e. The van der Waals surface area contributed by atoms with Crippen LogP contribution in [0.1, 0.15) is 20.8 Å². The van der Waals surface area contributed by atoms with Gasteiger partial charge in [0.2, 0.25) is 0 Å². The van der Waals surface area contributed by atoms with Crippen LogP contribution in [0, 0.1) is 0 Å². The first-order chi connectivity index (χ1) is 4.30. The average molecular weight is 126 g/mol. The van der Waals surface area contributed by atoms with Gasteiger partial charge in [0.1, 0.15) is 0 Å². The molecule has 1 aliphatic heterocycles. The predicted octanol–water partition coefficient (Wildman–Crippen LogP) is 1.55. The third-order valence-electron chi connectivity index (χ3n) is 1.05. The molecule has 0 aromatic heterocycles. The van der Waals surface area contributed by atoms with E-state index in [0.717, 1.165) is 17.8 Å². The third-order valence-corrected chi connectivity index (χ3v) is 1.05. The minimum Gasteiger partial charge on any atom is -0.305 e. The van der Waals surface area contributed by atoms with Gasteiger partial charge >= 0.3 is 0 Å². The van der Waals surface area contributed by atoms with Gasteiger partial charge in [-0.3, -0.25) is 0 Å². The fourth-order valence-electron chi connectivity index (χ4n) is 0.461. The number of hydrogen-bond acceptors (Lipinski definition) is 2. The van der Waals surface area contributed by atoms with Crippen molar-refractivity contribution in [3.05, 3.63) is 12.2 Å². The average Bonchev–Trinajstić information content (AvgIpc) is 2.23. The van der Waals surface area contributed by atoms with E-state index in [-0.39, 0.29) is 0 Å². The van der Waals surface area contributed by atoms with Crippen LogP contribution in [0.2, 0.25) is 0 Å². The van der Waals surface area contributed by atoms with Gasteiger partial charge in [0.25, 0.3) is 0 Å². The van der Waals surface area contributed by atoms with Gasteiger partial charge in [-0.15, -0.1) is 0 Å². The van der Waals surface area contributed by atoms with Crippen molar-refractivity contribution in [3.63, 3.8) is 0 Å². The van der Waals surface area contributed by atoms with Crippen molar-refractivity contribution < 1.29 is 0 Å². The Bertz CT molecular complexity index is 125. The summed E-state index contributed by atoms with van der Waals surface area (Å²) in [4.78, 5) is 0. The lowest BCUT2D eigenvalue weighted by atomic mass is 10.2. The fraction of sp³-hybridized carbons (Fsp3) is 0.571. The zero-order valence-corrected chi connectivity index (χ0v) is 6.36. The highest BCUT2D eigenvalue weighted by Crippen LogP contribution is 1.97. The van der Waals surface area contributed by atoms with Gasteiger partial charge in [0.15, 0.2) is 0 Å². The molecular weight excluding hydrogens is 112 g/mol. The quantitative estimate of drug-likeness (QED) is 0.523. The second kappa shape index (κ2) is 4.13. The summed E-state index contributed by atoms with van der Waals surface area (Å²) in [6.07, 6.45) is 0. The van der Waals surface area contributed by atoms with Crippen LogP contribution < -0.4 is 5.43 Å². The predicted molar refractivity (Wildman–Crippen MR) is 41.6 cm³/mol. The van der Waals surface area contributed by atoms with Gasteiger partial charge in [-0.25, -0.2) is 0 Å². The van der Waals surface area contributed by atoms with E-state index < -0.39 is 0 Å². The molecule has 52 valence electrons. The maximum absolute atomic E-state index is 3.88. The van der Waals surface area contributed by atoms with Crippen LogP contribution in [-0.2, 0) is 0 Å². The SMILES string of the molecule is C=C1CNN=C1C.CC. The number of hydrazone groups is 1. The Labute approximate surface area is 56.7 Å². The van der Waals surface area contributed by atoms with Crippen LogP contribution in [-0.4, -0.2) is 12.3 Å². The molecule has 0 amide bonds. The molecule has 0 unspecified atom stereocenters. The standard InChI is InChI=1S/C5H8N2.C2H6/c1-4-3-6-7-5(4)2;1-2/h6H,1,3H2,2H3;1-2H3. The van der Waals surface area contributed by atoms with Crippen molar-refractivity contribution in [3.8, 4) is 0 Å². The van der Waals surface area contributed by atoms with E-state index in [0.29, 0.717) is 0 Å². The van der Waals surface area contributed by atoms with Gasteiger partial charge in [-0.1, -0.05) is 20.4 Å². The molecule has 1 heterocycles. The molecule has 1 N–H and O–H groups in total. The topological polar surface area (TPSA) is 24.4 Å². The summed E-state index contributed by atoms with van der Waals surface area (Å²) < 4.78 is 0. The van der Waals surface area contributed by atoms with Crippen molar-refractivity contribution in [1.29, 1.82) is 0 Å². The molecule has 0 spiro atoms. The number of hydrogen-bond donors (Lipinski definition) is 1. The van der Waals surface area contributed by atoms with Crippen LogP contribution in [0.5, 0.6) is 0 Å². The highest BCUT2D eigenvalue weighted by molar-refractivity contribution is 5.99. The lowest BCUT2D eigenvalue weighted by Crippen LogP contribution is -1.99. The molecular formula is C7H14N2. The van der Waals surface area contributed by atoms with Crippen LogP contribution >= 0.6 is 0 Å². The van der Waals surface area contributed by atoms with Gasteiger partial charge in [0, 0.05) is 0 Å². The van der Waals surface area contributed by atoms with E-state index in [9.17, 15) is 0 Å². The summed E-state index contributed by atoms with van der Waals surface area (Å²) in [7, 11) is 0. The summed E-state index contributed by atoms with van der Waals surface area (Å²) in [5.74, 6) is 0. The van der Waals surface area contributed by atoms with Gasteiger partial charge < -0.3 is 5.43 Å². The maximum atomic E-state index is 3.88. The largest absolute Gasteiger partial charge is 0.305 e. The Morgan fingerprint density at radius 1 is 1.56 bits per heavy atom. The summed E-state index contributed by atoms with van der Waals surface area (Å²) in [6.45, 7) is 10.5. The minimum absolute atomic E-state index is 0.825. The second-order valence-electron chi connectivity index (χ2n) is 1.64. The summed E-state index contributed by atoms with van der Waals surface area (Å²) in [5, 5.41) is 3.88. The highest BCUT2D eigenvalue weighted by atomic mass is 15.3. The lowest BCUT2D eigenvalue weighted by Gasteiger charge is -1.84. The molecule has 0 aromatic rings. The summed E-state index contributed by atoms with van der Waals surface area (Å²) in [5.41, 5.74) is 4.94. The molecule has 1 rings (SSSR count). The Morgan fingerprint density at radius 3 is 2.22 bits per heavy atom. The fourth-order valence-corrected chi connectivity index (χ4v) is 0.461. The minimum atomic E-state index is 0.825. The number of nitrogens with zero attached hydrogens (tertiary/aromatic N) is 1. The second-order valence-corrected chi connectivity index (χ2v) is 1.64. The van der Waals surface area contributed by atoms with E-state index in [1.807, 2.05) is 20.8 Å². The summed E-state index contributed by atoms with van der Waals surface area (Å²) >= 11 is 0. The molecule has 2 nitrogen and oxygen atoms in total. The van der Waals surface area contributed by atoms with E-state index in [2.05, 4.69) is 17.1 Å². The van der Waals surface area contributed by atoms with Crippen LogP contribution in [0.4, 0.5) is 0 Å². The van der Waals surface area contributed by atoms with Crippen LogP contribution in [0.15, 0.2) is 17.3 Å². The number of nitrogens with one attached hydrogen (secondary N) is 1. The van der Waals surface area contributed by atoms with E-state index in [4.69, 9.17) is 0 Å². The Balaban J connectivity index is 0.000000291. The van der Waals surface area contributed by atoms with Crippen molar-refractivity contribution in [2.24, 2.45) is 5.10 Å². The van der Waals surface area contributed by atoms with Gasteiger partial charge in [0.05, 0.1) is 12.3 Å².